The van der Waals surface area contributed by atoms with Gasteiger partial charge in [-0.1, -0.05) is 17.7 Å². The fraction of sp³-hybridized carbons (Fsp3) is 0.333. The molecule has 0 fully saturated rings. The van der Waals surface area contributed by atoms with Crippen LogP contribution < -0.4 is 10.1 Å². The molecule has 1 aromatic carbocycles. The van der Waals surface area contributed by atoms with Crippen LogP contribution in [-0.2, 0) is 6.54 Å². The van der Waals surface area contributed by atoms with Gasteiger partial charge < -0.3 is 15.2 Å². The molecule has 1 aromatic heterocycles. The van der Waals surface area contributed by atoms with Crippen molar-refractivity contribution in [2.75, 3.05) is 13.2 Å². The first-order chi connectivity index (χ1) is 10.1. The lowest BCUT2D eigenvalue weighted by Crippen LogP contribution is -2.31. The number of benzene rings is 1. The molecule has 0 saturated carbocycles. The maximum Gasteiger partial charge on any atom is 0.120 e. The molecule has 0 aliphatic rings. The molecule has 0 saturated heterocycles. The fourth-order valence-electron chi connectivity index (χ4n) is 1.69. The Labute approximate surface area is 129 Å². The average molecular weight is 308 g/mol. The van der Waals surface area contributed by atoms with E-state index < -0.39 is 6.10 Å². The number of aryl methyl sites for hydroxylation is 1. The van der Waals surface area contributed by atoms with E-state index in [1.165, 1.54) is 0 Å². The van der Waals surface area contributed by atoms with Crippen LogP contribution in [-0.4, -0.2) is 34.3 Å². The van der Waals surface area contributed by atoms with E-state index >= 15 is 0 Å². The van der Waals surface area contributed by atoms with Crippen LogP contribution in [0.25, 0.3) is 0 Å². The van der Waals surface area contributed by atoms with E-state index in [1.54, 1.807) is 36.7 Å². The van der Waals surface area contributed by atoms with E-state index in [0.29, 0.717) is 23.9 Å². The second-order valence-corrected chi connectivity index (χ2v) is 5.14. The van der Waals surface area contributed by atoms with Crippen molar-refractivity contribution in [3.8, 4) is 5.75 Å². The van der Waals surface area contributed by atoms with Crippen molar-refractivity contribution in [3.63, 3.8) is 0 Å². The Morgan fingerprint density at radius 3 is 2.90 bits per heavy atom. The summed E-state index contributed by atoms with van der Waals surface area (Å²) < 4.78 is 5.46. The van der Waals surface area contributed by atoms with Crippen LogP contribution in [0, 0.1) is 6.92 Å². The van der Waals surface area contributed by atoms with Crippen molar-refractivity contribution in [1.29, 1.82) is 0 Å². The van der Waals surface area contributed by atoms with Crippen LogP contribution in [0.5, 0.6) is 5.75 Å². The molecule has 2 aromatic rings. The van der Waals surface area contributed by atoms with Crippen LogP contribution >= 0.6 is 11.6 Å². The molecular weight excluding hydrogens is 290 g/mol. The third-order valence-corrected chi connectivity index (χ3v) is 2.99. The molecule has 1 unspecified atom stereocenters. The Hall–Kier alpha value is -1.69. The highest BCUT2D eigenvalue weighted by atomic mass is 35.5. The molecule has 0 aliphatic carbocycles. The third-order valence-electron chi connectivity index (χ3n) is 2.76. The van der Waals surface area contributed by atoms with E-state index in [2.05, 4.69) is 15.3 Å². The summed E-state index contributed by atoms with van der Waals surface area (Å²) in [4.78, 5) is 8.38. The maximum absolute atomic E-state index is 9.85. The van der Waals surface area contributed by atoms with Crippen molar-refractivity contribution < 1.29 is 9.84 Å². The molecule has 0 aliphatic heterocycles. The number of hydrogen-bond acceptors (Lipinski definition) is 5. The number of halogens is 1. The zero-order chi connectivity index (χ0) is 15.1. The summed E-state index contributed by atoms with van der Waals surface area (Å²) in [7, 11) is 0. The minimum absolute atomic E-state index is 0.201. The van der Waals surface area contributed by atoms with Crippen molar-refractivity contribution >= 4 is 11.6 Å². The van der Waals surface area contributed by atoms with Crippen LogP contribution in [0.2, 0.25) is 5.02 Å². The van der Waals surface area contributed by atoms with E-state index in [4.69, 9.17) is 16.3 Å². The Morgan fingerprint density at radius 2 is 2.19 bits per heavy atom. The zero-order valence-electron chi connectivity index (χ0n) is 11.8. The number of aliphatic hydroxyl groups is 1. The van der Waals surface area contributed by atoms with Gasteiger partial charge in [0.1, 0.15) is 18.5 Å². The van der Waals surface area contributed by atoms with Crippen molar-refractivity contribution in [3.05, 3.63) is 53.1 Å². The Balaban J connectivity index is 1.67. The highest BCUT2D eigenvalue weighted by Crippen LogP contribution is 2.17. The number of rotatable bonds is 7. The molecule has 1 atom stereocenters. The molecule has 0 bridgehead atoms. The minimum atomic E-state index is -0.609. The maximum atomic E-state index is 9.85. The smallest absolute Gasteiger partial charge is 0.120 e. The zero-order valence-corrected chi connectivity index (χ0v) is 12.5. The normalized spacial score (nSPS) is 12.1. The van der Waals surface area contributed by atoms with Gasteiger partial charge >= 0.3 is 0 Å². The van der Waals surface area contributed by atoms with E-state index in [1.807, 2.05) is 6.92 Å². The average Bonchev–Trinajstić information content (AvgIpc) is 2.47. The number of nitrogens with one attached hydrogen (secondary N) is 1. The summed E-state index contributed by atoms with van der Waals surface area (Å²) >= 11 is 5.85. The topological polar surface area (TPSA) is 67.3 Å². The molecular formula is C15H18ClN3O2. The number of nitrogens with zero attached hydrogens (tertiary/aromatic N) is 2. The molecule has 0 radical (unpaired) electrons. The standard InChI is InChI=1S/C15H18ClN3O2/c1-11-6-19-13(8-18-11)7-17-9-14(20)10-21-15-4-2-3-12(16)5-15/h2-6,8,14,17,20H,7,9-10H2,1H3. The molecule has 0 spiro atoms. The van der Waals surface area contributed by atoms with Crippen molar-refractivity contribution in [1.82, 2.24) is 15.3 Å². The largest absolute Gasteiger partial charge is 0.491 e. The fourth-order valence-corrected chi connectivity index (χ4v) is 1.87. The predicted molar refractivity (Wildman–Crippen MR) is 81.4 cm³/mol. The molecule has 0 amide bonds. The summed E-state index contributed by atoms with van der Waals surface area (Å²) in [6, 6.07) is 7.09. The number of hydrogen-bond donors (Lipinski definition) is 2. The van der Waals surface area contributed by atoms with Gasteiger partial charge in [-0.15, -0.1) is 0 Å². The van der Waals surface area contributed by atoms with E-state index in [9.17, 15) is 5.11 Å². The van der Waals surface area contributed by atoms with E-state index in [-0.39, 0.29) is 6.61 Å². The molecule has 21 heavy (non-hydrogen) atoms. The quantitative estimate of drug-likeness (QED) is 0.818. The second kappa shape index (κ2) is 7.93. The summed E-state index contributed by atoms with van der Waals surface area (Å²) in [6.07, 6.45) is 2.83. The predicted octanol–water partition coefficient (Wildman–Crippen LogP) is 1.97. The van der Waals surface area contributed by atoms with Gasteiger partial charge in [-0.2, -0.15) is 0 Å². The van der Waals surface area contributed by atoms with Gasteiger partial charge in [-0.25, -0.2) is 0 Å². The summed E-state index contributed by atoms with van der Waals surface area (Å²) in [5, 5.41) is 13.6. The summed E-state index contributed by atoms with van der Waals surface area (Å²) in [6.45, 7) is 3.06. The SMILES string of the molecule is Cc1cnc(CNCC(O)COc2cccc(Cl)c2)cn1. The van der Waals surface area contributed by atoms with Crippen molar-refractivity contribution in [2.24, 2.45) is 0 Å². The molecule has 2 rings (SSSR count). The lowest BCUT2D eigenvalue weighted by atomic mass is 10.3. The van der Waals surface area contributed by atoms with Crippen LogP contribution in [0.3, 0.4) is 0 Å². The third kappa shape index (κ3) is 5.67. The van der Waals surface area contributed by atoms with Gasteiger partial charge in [0.2, 0.25) is 0 Å². The Morgan fingerprint density at radius 1 is 1.33 bits per heavy atom. The number of aromatic nitrogens is 2. The van der Waals surface area contributed by atoms with Gasteiger partial charge in [-0.05, 0) is 25.1 Å². The highest BCUT2D eigenvalue weighted by Gasteiger charge is 2.05. The first-order valence-corrected chi connectivity index (χ1v) is 7.06. The van der Waals surface area contributed by atoms with Gasteiger partial charge in [0.25, 0.3) is 0 Å². The number of aliphatic hydroxyl groups excluding tert-OH is 1. The van der Waals surface area contributed by atoms with Gasteiger partial charge in [0, 0.05) is 30.5 Å². The number of ether oxygens (including phenoxy) is 1. The summed E-state index contributed by atoms with van der Waals surface area (Å²) in [5.41, 5.74) is 1.72. The molecule has 1 heterocycles. The summed E-state index contributed by atoms with van der Waals surface area (Å²) in [5.74, 6) is 0.644. The van der Waals surface area contributed by atoms with Crippen LogP contribution in [0.1, 0.15) is 11.4 Å². The first-order valence-electron chi connectivity index (χ1n) is 6.68. The lowest BCUT2D eigenvalue weighted by molar-refractivity contribution is 0.106. The van der Waals surface area contributed by atoms with Crippen LogP contribution in [0.4, 0.5) is 0 Å². The molecule has 6 heteroatoms. The minimum Gasteiger partial charge on any atom is -0.491 e. The molecule has 2 N–H and O–H groups in total. The monoisotopic (exact) mass is 307 g/mol. The molecule has 112 valence electrons. The van der Waals surface area contributed by atoms with E-state index in [0.717, 1.165) is 11.4 Å². The van der Waals surface area contributed by atoms with Gasteiger partial charge in [-0.3, -0.25) is 9.97 Å². The highest BCUT2D eigenvalue weighted by molar-refractivity contribution is 6.30. The second-order valence-electron chi connectivity index (χ2n) is 4.70. The van der Waals surface area contributed by atoms with Crippen LogP contribution in [0.15, 0.2) is 36.7 Å². The van der Waals surface area contributed by atoms with Crippen molar-refractivity contribution in [2.45, 2.75) is 19.6 Å². The molecule has 5 nitrogen and oxygen atoms in total. The lowest BCUT2D eigenvalue weighted by Gasteiger charge is -2.13. The van der Waals surface area contributed by atoms with Gasteiger partial charge in [0.05, 0.1) is 11.4 Å². The van der Waals surface area contributed by atoms with Gasteiger partial charge in [0.15, 0.2) is 0 Å². The Kier molecular flexibility index (Phi) is 5.92. The first kappa shape index (κ1) is 15.7. The Bertz CT molecular complexity index is 563.